The van der Waals surface area contributed by atoms with Crippen LogP contribution in [0.3, 0.4) is 0 Å². The number of hydrogen-bond donors (Lipinski definition) is 1. The summed E-state index contributed by atoms with van der Waals surface area (Å²) in [6.45, 7) is 5.17. The third kappa shape index (κ3) is 1.20. The van der Waals surface area contributed by atoms with E-state index in [2.05, 4.69) is 11.8 Å². The summed E-state index contributed by atoms with van der Waals surface area (Å²) in [7, 11) is 0. The van der Waals surface area contributed by atoms with E-state index >= 15 is 0 Å². The Kier molecular flexibility index (Phi) is 1.86. The van der Waals surface area contributed by atoms with Crippen molar-refractivity contribution in [1.29, 1.82) is 0 Å². The van der Waals surface area contributed by atoms with Crippen LogP contribution in [0.15, 0.2) is 0 Å². The molecule has 1 aliphatic rings. The molecule has 0 unspecified atom stereocenters. The van der Waals surface area contributed by atoms with Crippen molar-refractivity contribution in [3.05, 3.63) is 0 Å². The quantitative estimate of drug-likeness (QED) is 0.523. The SMILES string of the molecule is CCN1CC[C@@H](O)C1. The first-order chi connectivity index (χ1) is 3.83. The number of nitrogens with zero attached hydrogens (tertiary/aromatic N) is 1. The molecule has 2 nitrogen and oxygen atoms in total. The molecule has 1 atom stereocenters. The summed E-state index contributed by atoms with van der Waals surface area (Å²) in [5, 5.41) is 8.99. The highest BCUT2D eigenvalue weighted by molar-refractivity contribution is 4.72. The van der Waals surface area contributed by atoms with Crippen LogP contribution < -0.4 is 0 Å². The largest absolute Gasteiger partial charge is 0.392 e. The van der Waals surface area contributed by atoms with E-state index in [1.54, 1.807) is 0 Å². The molecule has 48 valence electrons. The van der Waals surface area contributed by atoms with Crippen molar-refractivity contribution in [3.63, 3.8) is 0 Å². The van der Waals surface area contributed by atoms with Crippen LogP contribution in [0.25, 0.3) is 0 Å². The average molecular weight is 115 g/mol. The van der Waals surface area contributed by atoms with E-state index in [0.29, 0.717) is 0 Å². The van der Waals surface area contributed by atoms with Crippen molar-refractivity contribution >= 4 is 0 Å². The molecule has 0 aromatic rings. The van der Waals surface area contributed by atoms with Crippen LogP contribution in [0, 0.1) is 0 Å². The van der Waals surface area contributed by atoms with Gasteiger partial charge in [0.25, 0.3) is 0 Å². The van der Waals surface area contributed by atoms with Gasteiger partial charge in [0.05, 0.1) is 6.10 Å². The van der Waals surface area contributed by atoms with Gasteiger partial charge in [-0.1, -0.05) is 6.92 Å². The number of aliphatic hydroxyl groups is 1. The van der Waals surface area contributed by atoms with Gasteiger partial charge in [0.2, 0.25) is 0 Å². The molecule has 1 N–H and O–H groups in total. The monoisotopic (exact) mass is 115 g/mol. The highest BCUT2D eigenvalue weighted by Crippen LogP contribution is 2.06. The highest BCUT2D eigenvalue weighted by Gasteiger charge is 2.17. The van der Waals surface area contributed by atoms with Crippen LogP contribution in [0.1, 0.15) is 13.3 Å². The predicted octanol–water partition coefficient (Wildman–Crippen LogP) is 0.0729. The van der Waals surface area contributed by atoms with E-state index in [1.165, 1.54) is 0 Å². The molecule has 8 heavy (non-hydrogen) atoms. The van der Waals surface area contributed by atoms with Crippen LogP contribution >= 0.6 is 0 Å². The van der Waals surface area contributed by atoms with Crippen molar-refractivity contribution in [3.8, 4) is 0 Å². The second-order valence-electron chi connectivity index (χ2n) is 2.34. The molecule has 1 saturated heterocycles. The van der Waals surface area contributed by atoms with Crippen molar-refractivity contribution in [1.82, 2.24) is 4.90 Å². The molecule has 1 heterocycles. The maximum absolute atomic E-state index is 8.99. The topological polar surface area (TPSA) is 23.5 Å². The Labute approximate surface area is 50.1 Å². The first-order valence-corrected chi connectivity index (χ1v) is 3.23. The van der Waals surface area contributed by atoms with Crippen molar-refractivity contribution < 1.29 is 5.11 Å². The van der Waals surface area contributed by atoms with E-state index < -0.39 is 0 Å². The lowest BCUT2D eigenvalue weighted by atomic mass is 10.3. The Morgan fingerprint density at radius 2 is 2.50 bits per heavy atom. The lowest BCUT2D eigenvalue weighted by Crippen LogP contribution is -2.21. The fourth-order valence-corrected chi connectivity index (χ4v) is 1.10. The van der Waals surface area contributed by atoms with Crippen LogP contribution in [0.2, 0.25) is 0 Å². The first-order valence-electron chi connectivity index (χ1n) is 3.23. The number of likely N-dealkylation sites (N-methyl/N-ethyl adjacent to an activating group) is 1. The Bertz CT molecular complexity index is 74.9. The molecular formula is C6H13NO. The standard InChI is InChI=1S/C6H13NO/c1-2-7-4-3-6(8)5-7/h6,8H,2-5H2,1H3/t6-/m1/s1. The minimum Gasteiger partial charge on any atom is -0.392 e. The minimum atomic E-state index is -0.0463. The van der Waals surface area contributed by atoms with Gasteiger partial charge in [-0.2, -0.15) is 0 Å². The zero-order valence-corrected chi connectivity index (χ0v) is 5.30. The Balaban J connectivity index is 2.22. The third-order valence-corrected chi connectivity index (χ3v) is 1.69. The number of likely N-dealkylation sites (tertiary alicyclic amines) is 1. The molecule has 0 amide bonds. The lowest BCUT2D eigenvalue weighted by Gasteiger charge is -2.09. The first kappa shape index (κ1) is 6.05. The van der Waals surface area contributed by atoms with Gasteiger partial charge in [0, 0.05) is 13.1 Å². The highest BCUT2D eigenvalue weighted by atomic mass is 16.3. The molecule has 1 aliphatic heterocycles. The third-order valence-electron chi connectivity index (χ3n) is 1.69. The average Bonchev–Trinajstić information content (AvgIpc) is 2.14. The molecule has 0 bridgehead atoms. The van der Waals surface area contributed by atoms with E-state index in [4.69, 9.17) is 5.11 Å². The Hall–Kier alpha value is -0.0800. The molecule has 0 aromatic carbocycles. The van der Waals surface area contributed by atoms with Crippen LogP contribution in [-0.2, 0) is 0 Å². The van der Waals surface area contributed by atoms with Gasteiger partial charge in [0.15, 0.2) is 0 Å². The van der Waals surface area contributed by atoms with E-state index in [0.717, 1.165) is 26.1 Å². The fraction of sp³-hybridized carbons (Fsp3) is 1.00. The lowest BCUT2D eigenvalue weighted by molar-refractivity contribution is 0.178. The summed E-state index contributed by atoms with van der Waals surface area (Å²) in [6, 6.07) is 0. The van der Waals surface area contributed by atoms with Gasteiger partial charge >= 0.3 is 0 Å². The number of rotatable bonds is 1. The van der Waals surface area contributed by atoms with Crippen molar-refractivity contribution in [2.24, 2.45) is 0 Å². The smallest absolute Gasteiger partial charge is 0.0679 e. The van der Waals surface area contributed by atoms with Crippen molar-refractivity contribution in [2.45, 2.75) is 19.4 Å². The molecule has 1 fully saturated rings. The van der Waals surface area contributed by atoms with Gasteiger partial charge in [-0.25, -0.2) is 0 Å². The second kappa shape index (κ2) is 2.46. The van der Waals surface area contributed by atoms with Gasteiger partial charge in [-0.3, -0.25) is 0 Å². The molecule has 2 heteroatoms. The molecule has 0 aliphatic carbocycles. The minimum absolute atomic E-state index is 0.0463. The fourth-order valence-electron chi connectivity index (χ4n) is 1.10. The second-order valence-corrected chi connectivity index (χ2v) is 2.34. The van der Waals surface area contributed by atoms with Gasteiger partial charge in [0.1, 0.15) is 0 Å². The summed E-state index contributed by atoms with van der Waals surface area (Å²) < 4.78 is 0. The maximum atomic E-state index is 8.99. The number of hydrogen-bond acceptors (Lipinski definition) is 2. The van der Waals surface area contributed by atoms with Gasteiger partial charge in [-0.15, -0.1) is 0 Å². The van der Waals surface area contributed by atoms with E-state index in [9.17, 15) is 0 Å². The maximum Gasteiger partial charge on any atom is 0.0679 e. The van der Waals surface area contributed by atoms with Gasteiger partial charge < -0.3 is 10.0 Å². The summed E-state index contributed by atoms with van der Waals surface area (Å²) in [5.41, 5.74) is 0. The summed E-state index contributed by atoms with van der Waals surface area (Å²) >= 11 is 0. The molecule has 0 aromatic heterocycles. The van der Waals surface area contributed by atoms with Crippen LogP contribution in [-0.4, -0.2) is 35.7 Å². The Morgan fingerprint density at radius 3 is 2.75 bits per heavy atom. The van der Waals surface area contributed by atoms with E-state index in [1.807, 2.05) is 0 Å². The number of aliphatic hydroxyl groups excluding tert-OH is 1. The zero-order valence-electron chi connectivity index (χ0n) is 5.30. The van der Waals surface area contributed by atoms with Crippen LogP contribution in [0.5, 0.6) is 0 Å². The number of β-amino-alcohol motifs (C(OH)–C–C–N with tert-alkyl or cyclic N) is 1. The summed E-state index contributed by atoms with van der Waals surface area (Å²) in [4.78, 5) is 2.25. The molecular weight excluding hydrogens is 102 g/mol. The molecule has 0 saturated carbocycles. The van der Waals surface area contributed by atoms with Gasteiger partial charge in [-0.05, 0) is 13.0 Å². The van der Waals surface area contributed by atoms with Crippen LogP contribution in [0.4, 0.5) is 0 Å². The molecule has 0 spiro atoms. The summed E-state index contributed by atoms with van der Waals surface area (Å²) in [6.07, 6.45) is 0.920. The molecule has 1 rings (SSSR count). The Morgan fingerprint density at radius 1 is 1.75 bits per heavy atom. The van der Waals surface area contributed by atoms with Crippen molar-refractivity contribution in [2.75, 3.05) is 19.6 Å². The van der Waals surface area contributed by atoms with E-state index in [-0.39, 0.29) is 6.10 Å². The normalized spacial score (nSPS) is 31.5. The zero-order chi connectivity index (χ0) is 5.98. The summed E-state index contributed by atoms with van der Waals surface area (Å²) in [5.74, 6) is 0. The molecule has 0 radical (unpaired) electrons. The predicted molar refractivity (Wildman–Crippen MR) is 32.7 cm³/mol.